The first-order valence-corrected chi connectivity index (χ1v) is 17.7. The Morgan fingerprint density at radius 2 is 0.538 bits per heavy atom. The summed E-state index contributed by atoms with van der Waals surface area (Å²) in [4.78, 5) is 0. The molecular weight excluding hydrogens is 633 g/mol. The molecule has 242 valence electrons. The average Bonchev–Trinajstić information content (AvgIpc) is 3.77. The van der Waals surface area contributed by atoms with Crippen LogP contribution in [0.3, 0.4) is 0 Å². The number of para-hydroxylation sites is 2. The molecule has 2 aromatic heterocycles. The minimum Gasteiger partial charge on any atom is -0.456 e. The van der Waals surface area contributed by atoms with Gasteiger partial charge in [0.1, 0.15) is 22.3 Å². The maximum atomic E-state index is 6.14. The van der Waals surface area contributed by atoms with E-state index < -0.39 is 0 Å². The highest BCUT2D eigenvalue weighted by atomic mass is 16.3. The van der Waals surface area contributed by atoms with E-state index in [1.807, 2.05) is 24.3 Å². The molecule has 0 atom stereocenters. The van der Waals surface area contributed by atoms with Gasteiger partial charge in [0.25, 0.3) is 0 Å². The Balaban J connectivity index is 1.08. The molecule has 0 fully saturated rings. The third-order valence-electron chi connectivity index (χ3n) is 10.7. The molecule has 11 aromatic rings. The SMILES string of the molecule is c1cc(-c2ccc3oc4ccccc4c3c2)cc(-c2c3ccccc3c(-c3cccc(-c4ccc5oc6ccccc6c5c4)c3)c3ccccc23)c1. The van der Waals surface area contributed by atoms with Crippen LogP contribution in [-0.2, 0) is 0 Å². The Hall–Kier alpha value is -6.90. The predicted molar refractivity (Wildman–Crippen MR) is 218 cm³/mol. The fraction of sp³-hybridized carbons (Fsp3) is 0. The van der Waals surface area contributed by atoms with E-state index >= 15 is 0 Å². The van der Waals surface area contributed by atoms with Crippen LogP contribution in [0.4, 0.5) is 0 Å². The zero-order chi connectivity index (χ0) is 34.2. The molecule has 0 aliphatic carbocycles. The van der Waals surface area contributed by atoms with Gasteiger partial charge in [0.2, 0.25) is 0 Å². The van der Waals surface area contributed by atoms with Crippen molar-refractivity contribution < 1.29 is 8.83 Å². The monoisotopic (exact) mass is 662 g/mol. The van der Waals surface area contributed by atoms with E-state index in [-0.39, 0.29) is 0 Å². The van der Waals surface area contributed by atoms with Gasteiger partial charge in [0.15, 0.2) is 0 Å². The van der Waals surface area contributed by atoms with Gasteiger partial charge in [0.05, 0.1) is 0 Å². The smallest absolute Gasteiger partial charge is 0.135 e. The maximum Gasteiger partial charge on any atom is 0.135 e. The van der Waals surface area contributed by atoms with E-state index in [1.54, 1.807) is 0 Å². The summed E-state index contributed by atoms with van der Waals surface area (Å²) < 4.78 is 12.3. The predicted octanol–water partition coefficient (Wildman–Crippen LogP) is 14.5. The van der Waals surface area contributed by atoms with Gasteiger partial charge in [-0.2, -0.15) is 0 Å². The summed E-state index contributed by atoms with van der Waals surface area (Å²) in [5, 5.41) is 9.51. The van der Waals surface area contributed by atoms with Crippen molar-refractivity contribution in [1.82, 2.24) is 0 Å². The highest BCUT2D eigenvalue weighted by Crippen LogP contribution is 2.45. The van der Waals surface area contributed by atoms with E-state index in [0.29, 0.717) is 0 Å². The van der Waals surface area contributed by atoms with Crippen LogP contribution in [0.15, 0.2) is 191 Å². The summed E-state index contributed by atoms with van der Waals surface area (Å²) in [6.07, 6.45) is 0. The normalized spacial score (nSPS) is 11.8. The topological polar surface area (TPSA) is 26.3 Å². The summed E-state index contributed by atoms with van der Waals surface area (Å²) >= 11 is 0. The molecule has 52 heavy (non-hydrogen) atoms. The zero-order valence-corrected chi connectivity index (χ0v) is 28.1. The molecular formula is C50H30O2. The van der Waals surface area contributed by atoms with Gasteiger partial charge >= 0.3 is 0 Å². The van der Waals surface area contributed by atoms with Crippen molar-refractivity contribution in [2.45, 2.75) is 0 Å². The van der Waals surface area contributed by atoms with Gasteiger partial charge < -0.3 is 8.83 Å². The molecule has 0 aliphatic rings. The van der Waals surface area contributed by atoms with Gasteiger partial charge in [-0.3, -0.25) is 0 Å². The van der Waals surface area contributed by atoms with E-state index in [9.17, 15) is 0 Å². The average molecular weight is 663 g/mol. The van der Waals surface area contributed by atoms with Crippen LogP contribution in [0, 0.1) is 0 Å². The lowest BCUT2D eigenvalue weighted by Crippen LogP contribution is -1.91. The molecule has 0 unspecified atom stereocenters. The molecule has 11 rings (SSSR count). The van der Waals surface area contributed by atoms with Crippen LogP contribution in [0.5, 0.6) is 0 Å². The number of hydrogen-bond acceptors (Lipinski definition) is 2. The molecule has 0 aliphatic heterocycles. The van der Waals surface area contributed by atoms with Gasteiger partial charge in [-0.15, -0.1) is 0 Å². The maximum absolute atomic E-state index is 6.14. The van der Waals surface area contributed by atoms with Crippen LogP contribution in [0.25, 0.3) is 110 Å². The summed E-state index contributed by atoms with van der Waals surface area (Å²) in [7, 11) is 0. The Morgan fingerprint density at radius 1 is 0.212 bits per heavy atom. The van der Waals surface area contributed by atoms with Crippen molar-refractivity contribution in [2.75, 3.05) is 0 Å². The lowest BCUT2D eigenvalue weighted by atomic mass is 9.85. The molecule has 0 spiro atoms. The van der Waals surface area contributed by atoms with Gasteiger partial charge in [-0.05, 0) is 115 Å². The quantitative estimate of drug-likeness (QED) is 0.175. The van der Waals surface area contributed by atoms with E-state index in [2.05, 4.69) is 158 Å². The molecule has 2 nitrogen and oxygen atoms in total. The second-order valence-electron chi connectivity index (χ2n) is 13.6. The Morgan fingerprint density at radius 3 is 0.962 bits per heavy atom. The fourth-order valence-electron chi connectivity index (χ4n) is 8.27. The number of benzene rings is 9. The van der Waals surface area contributed by atoms with Crippen molar-refractivity contribution in [3.63, 3.8) is 0 Å². The van der Waals surface area contributed by atoms with Crippen LogP contribution in [-0.4, -0.2) is 0 Å². The first-order valence-electron chi connectivity index (χ1n) is 17.7. The summed E-state index contributed by atoms with van der Waals surface area (Å²) in [5.74, 6) is 0. The minimum atomic E-state index is 0.910. The second-order valence-corrected chi connectivity index (χ2v) is 13.6. The standard InChI is InChI=1S/C50H30O2/c1-2-18-40-39(17-1)49(35-13-9-11-31(27-35)33-23-25-47-43(29-33)37-15-5-7-21-45(37)51-47)41-19-3-4-20-42(41)50(40)36-14-10-12-32(28-36)34-24-26-48-44(30-34)38-16-6-8-22-46(38)52-48/h1-30H. The van der Waals surface area contributed by atoms with Crippen molar-refractivity contribution in [3.05, 3.63) is 182 Å². The van der Waals surface area contributed by atoms with E-state index in [1.165, 1.54) is 66.1 Å². The van der Waals surface area contributed by atoms with Crippen LogP contribution < -0.4 is 0 Å². The Labute approximate surface area is 299 Å². The number of rotatable bonds is 4. The molecule has 9 aromatic carbocycles. The van der Waals surface area contributed by atoms with Crippen LogP contribution >= 0.6 is 0 Å². The number of furan rings is 2. The fourth-order valence-corrected chi connectivity index (χ4v) is 8.27. The Kier molecular flexibility index (Phi) is 6.28. The van der Waals surface area contributed by atoms with E-state index in [4.69, 9.17) is 8.83 Å². The number of fused-ring (bicyclic) bond motifs is 8. The third-order valence-corrected chi connectivity index (χ3v) is 10.7. The Bertz CT molecular complexity index is 2920. The number of hydrogen-bond donors (Lipinski definition) is 0. The zero-order valence-electron chi connectivity index (χ0n) is 28.1. The van der Waals surface area contributed by atoms with Gasteiger partial charge in [0, 0.05) is 21.5 Å². The third kappa shape index (κ3) is 4.44. The van der Waals surface area contributed by atoms with Crippen molar-refractivity contribution in [2.24, 2.45) is 0 Å². The van der Waals surface area contributed by atoms with Crippen molar-refractivity contribution in [1.29, 1.82) is 0 Å². The molecule has 0 radical (unpaired) electrons. The van der Waals surface area contributed by atoms with Gasteiger partial charge in [-0.1, -0.05) is 133 Å². The second kappa shape index (κ2) is 11.3. The lowest BCUT2D eigenvalue weighted by molar-refractivity contribution is 0.668. The van der Waals surface area contributed by atoms with E-state index in [0.717, 1.165) is 43.9 Å². The van der Waals surface area contributed by atoms with Crippen molar-refractivity contribution in [3.8, 4) is 44.5 Å². The highest BCUT2D eigenvalue weighted by Gasteiger charge is 2.18. The summed E-state index contributed by atoms with van der Waals surface area (Å²) in [6.45, 7) is 0. The van der Waals surface area contributed by atoms with Crippen molar-refractivity contribution >= 4 is 65.4 Å². The molecule has 0 saturated heterocycles. The first-order chi connectivity index (χ1) is 25.8. The summed E-state index contributed by atoms with van der Waals surface area (Å²) in [6, 6.07) is 65.3. The minimum absolute atomic E-state index is 0.910. The summed E-state index contributed by atoms with van der Waals surface area (Å²) in [5.41, 5.74) is 13.2. The largest absolute Gasteiger partial charge is 0.456 e. The molecule has 2 heteroatoms. The highest BCUT2D eigenvalue weighted by molar-refractivity contribution is 6.21. The molecule has 0 N–H and O–H groups in total. The lowest BCUT2D eigenvalue weighted by Gasteiger charge is -2.18. The van der Waals surface area contributed by atoms with Crippen LogP contribution in [0.2, 0.25) is 0 Å². The molecule has 2 heterocycles. The molecule has 0 saturated carbocycles. The van der Waals surface area contributed by atoms with Crippen LogP contribution in [0.1, 0.15) is 0 Å². The van der Waals surface area contributed by atoms with Gasteiger partial charge in [-0.25, -0.2) is 0 Å². The molecule has 0 amide bonds. The molecule has 0 bridgehead atoms. The first kappa shape index (κ1) is 28.9.